The first-order valence-electron chi connectivity index (χ1n) is 9.51. The fourth-order valence-electron chi connectivity index (χ4n) is 3.71. The molecule has 0 saturated carbocycles. The lowest BCUT2D eigenvalue weighted by Crippen LogP contribution is -2.36. The molecule has 0 aliphatic carbocycles. The third kappa shape index (κ3) is 3.23. The fourth-order valence-corrected chi connectivity index (χ4v) is 3.71. The van der Waals surface area contributed by atoms with Gasteiger partial charge in [-0.2, -0.15) is 0 Å². The van der Waals surface area contributed by atoms with Crippen LogP contribution in [-0.2, 0) is 11.2 Å². The van der Waals surface area contributed by atoms with Crippen LogP contribution >= 0.6 is 0 Å². The molecule has 28 heavy (non-hydrogen) atoms. The van der Waals surface area contributed by atoms with Crippen LogP contribution in [-0.4, -0.2) is 45.7 Å². The summed E-state index contributed by atoms with van der Waals surface area (Å²) in [6.45, 7) is 3.52. The molecule has 3 aromatic heterocycles. The first-order valence-corrected chi connectivity index (χ1v) is 9.51. The summed E-state index contributed by atoms with van der Waals surface area (Å²) in [6, 6.07) is 13.1. The van der Waals surface area contributed by atoms with Crippen molar-refractivity contribution in [1.82, 2.24) is 19.4 Å². The number of ether oxygens (including phenoxy) is 1. The molecule has 6 heteroatoms. The summed E-state index contributed by atoms with van der Waals surface area (Å²) in [6.07, 6.45) is 9.82. The minimum absolute atomic E-state index is 0.803. The highest BCUT2D eigenvalue weighted by atomic mass is 16.5. The van der Waals surface area contributed by atoms with Crippen molar-refractivity contribution in [3.63, 3.8) is 0 Å². The summed E-state index contributed by atoms with van der Waals surface area (Å²) in [4.78, 5) is 15.6. The molecule has 0 unspecified atom stereocenters. The molecule has 4 aromatic rings. The van der Waals surface area contributed by atoms with Crippen LogP contribution in [0.3, 0.4) is 0 Å². The van der Waals surface area contributed by atoms with E-state index in [4.69, 9.17) is 4.74 Å². The number of hydrogen-bond acceptors (Lipinski definition) is 5. The Hall–Kier alpha value is -3.25. The molecule has 0 bridgehead atoms. The molecule has 0 N–H and O–H groups in total. The zero-order valence-corrected chi connectivity index (χ0v) is 15.5. The average Bonchev–Trinajstić information content (AvgIpc) is 3.26. The van der Waals surface area contributed by atoms with Crippen molar-refractivity contribution < 1.29 is 4.74 Å². The molecule has 4 heterocycles. The summed E-state index contributed by atoms with van der Waals surface area (Å²) in [5.41, 5.74) is 6.52. The highest BCUT2D eigenvalue weighted by molar-refractivity contribution is 5.63. The Labute approximate surface area is 163 Å². The smallest absolute Gasteiger partial charge is 0.140 e. The highest BCUT2D eigenvalue weighted by Crippen LogP contribution is 2.23. The molecular weight excluding hydrogens is 350 g/mol. The summed E-state index contributed by atoms with van der Waals surface area (Å²) < 4.78 is 7.52. The van der Waals surface area contributed by atoms with E-state index in [0.717, 1.165) is 49.8 Å². The van der Waals surface area contributed by atoms with Crippen molar-refractivity contribution in [2.24, 2.45) is 0 Å². The van der Waals surface area contributed by atoms with Gasteiger partial charge < -0.3 is 9.64 Å². The zero-order chi connectivity index (χ0) is 18.8. The van der Waals surface area contributed by atoms with Crippen molar-refractivity contribution in [2.45, 2.75) is 6.42 Å². The molecule has 6 nitrogen and oxygen atoms in total. The van der Waals surface area contributed by atoms with Crippen LogP contribution in [0, 0.1) is 0 Å². The predicted molar refractivity (Wildman–Crippen MR) is 108 cm³/mol. The number of benzene rings is 1. The lowest BCUT2D eigenvalue weighted by atomic mass is 10.0. The summed E-state index contributed by atoms with van der Waals surface area (Å²) >= 11 is 0. The van der Waals surface area contributed by atoms with E-state index in [1.54, 1.807) is 18.6 Å². The van der Waals surface area contributed by atoms with Crippen molar-refractivity contribution in [3.05, 3.63) is 78.5 Å². The van der Waals surface area contributed by atoms with Crippen LogP contribution in [0.25, 0.3) is 17.0 Å². The maximum Gasteiger partial charge on any atom is 0.140 e. The number of fused-ring (bicyclic) bond motifs is 1. The monoisotopic (exact) mass is 371 g/mol. The van der Waals surface area contributed by atoms with Crippen LogP contribution in [0.15, 0.2) is 67.4 Å². The number of rotatable bonds is 4. The van der Waals surface area contributed by atoms with Gasteiger partial charge in [0.15, 0.2) is 0 Å². The third-order valence-electron chi connectivity index (χ3n) is 5.16. The molecule has 1 saturated heterocycles. The molecule has 0 spiro atoms. The van der Waals surface area contributed by atoms with Crippen molar-refractivity contribution in [2.75, 3.05) is 31.2 Å². The van der Waals surface area contributed by atoms with E-state index in [-0.39, 0.29) is 0 Å². The first-order chi connectivity index (χ1) is 13.9. The fraction of sp³-hybridized carbons (Fsp3) is 0.227. The molecule has 0 radical (unpaired) electrons. The number of morpholine rings is 1. The van der Waals surface area contributed by atoms with Gasteiger partial charge in [-0.1, -0.05) is 18.2 Å². The Balaban J connectivity index is 1.42. The second-order valence-corrected chi connectivity index (χ2v) is 6.90. The van der Waals surface area contributed by atoms with Crippen LogP contribution in [0.2, 0.25) is 0 Å². The predicted octanol–water partition coefficient (Wildman–Crippen LogP) is 3.22. The normalized spacial score (nSPS) is 14.5. The number of imidazole rings is 1. The minimum Gasteiger partial charge on any atom is -0.378 e. The van der Waals surface area contributed by atoms with Gasteiger partial charge in [0.05, 0.1) is 25.1 Å². The number of pyridine rings is 1. The number of anilines is 1. The van der Waals surface area contributed by atoms with Crippen molar-refractivity contribution in [3.8, 4) is 11.4 Å². The SMILES string of the molecule is c1cnc(-c2ccc(Cc3ccc(N4CCOCC4)cc3)c3nccn23)cn1. The maximum atomic E-state index is 5.44. The maximum absolute atomic E-state index is 5.44. The second-order valence-electron chi connectivity index (χ2n) is 6.90. The van der Waals surface area contributed by atoms with Gasteiger partial charge in [0.2, 0.25) is 0 Å². The Bertz CT molecular complexity index is 1070. The first kappa shape index (κ1) is 16.9. The Morgan fingerprint density at radius 2 is 1.75 bits per heavy atom. The van der Waals surface area contributed by atoms with E-state index in [9.17, 15) is 0 Å². The summed E-state index contributed by atoms with van der Waals surface area (Å²) in [7, 11) is 0. The van der Waals surface area contributed by atoms with Gasteiger partial charge in [0.1, 0.15) is 11.3 Å². The second kappa shape index (κ2) is 7.40. The van der Waals surface area contributed by atoms with Crippen LogP contribution in [0.5, 0.6) is 0 Å². The Morgan fingerprint density at radius 3 is 2.54 bits per heavy atom. The summed E-state index contributed by atoms with van der Waals surface area (Å²) in [5, 5.41) is 0. The van der Waals surface area contributed by atoms with E-state index in [0.29, 0.717) is 0 Å². The van der Waals surface area contributed by atoms with E-state index < -0.39 is 0 Å². The third-order valence-corrected chi connectivity index (χ3v) is 5.16. The molecule has 1 aliphatic heterocycles. The van der Waals surface area contributed by atoms with Gasteiger partial charge in [0.25, 0.3) is 0 Å². The molecule has 0 amide bonds. The number of aromatic nitrogens is 4. The Morgan fingerprint density at radius 1 is 0.893 bits per heavy atom. The molecular formula is C22H21N5O. The lowest BCUT2D eigenvalue weighted by molar-refractivity contribution is 0.122. The molecule has 1 aromatic carbocycles. The number of hydrogen-bond donors (Lipinski definition) is 0. The van der Waals surface area contributed by atoms with Gasteiger partial charge in [-0.15, -0.1) is 0 Å². The van der Waals surface area contributed by atoms with E-state index in [1.807, 2.05) is 12.4 Å². The Kier molecular flexibility index (Phi) is 4.47. The standard InChI is InChI=1S/C22H21N5O/c1-4-19(26-11-13-28-14-12-26)5-2-17(1)15-18-3-6-21(20-16-23-7-8-24-20)27-10-9-25-22(18)27/h1-10,16H,11-15H2. The van der Waals surface area contributed by atoms with E-state index >= 15 is 0 Å². The van der Waals surface area contributed by atoms with Gasteiger partial charge >= 0.3 is 0 Å². The lowest BCUT2D eigenvalue weighted by Gasteiger charge is -2.28. The van der Waals surface area contributed by atoms with Gasteiger partial charge in [0, 0.05) is 50.0 Å². The molecule has 140 valence electrons. The van der Waals surface area contributed by atoms with Crippen LogP contribution in [0.4, 0.5) is 5.69 Å². The number of nitrogens with zero attached hydrogens (tertiary/aromatic N) is 5. The molecule has 1 fully saturated rings. The van der Waals surface area contributed by atoms with Crippen LogP contribution < -0.4 is 4.90 Å². The van der Waals surface area contributed by atoms with Gasteiger partial charge in [-0.3, -0.25) is 14.4 Å². The largest absolute Gasteiger partial charge is 0.378 e. The van der Waals surface area contributed by atoms with Crippen LogP contribution in [0.1, 0.15) is 11.1 Å². The minimum atomic E-state index is 0.803. The van der Waals surface area contributed by atoms with Crippen molar-refractivity contribution >= 4 is 11.3 Å². The molecule has 5 rings (SSSR count). The topological polar surface area (TPSA) is 55.5 Å². The molecule has 0 atom stereocenters. The quantitative estimate of drug-likeness (QED) is 0.551. The van der Waals surface area contributed by atoms with E-state index in [1.165, 1.54) is 16.8 Å². The average molecular weight is 371 g/mol. The van der Waals surface area contributed by atoms with Gasteiger partial charge in [-0.05, 0) is 29.3 Å². The summed E-state index contributed by atoms with van der Waals surface area (Å²) in [5.74, 6) is 0. The van der Waals surface area contributed by atoms with E-state index in [2.05, 4.69) is 60.7 Å². The van der Waals surface area contributed by atoms with Gasteiger partial charge in [-0.25, -0.2) is 4.98 Å². The van der Waals surface area contributed by atoms with Crippen molar-refractivity contribution in [1.29, 1.82) is 0 Å². The zero-order valence-electron chi connectivity index (χ0n) is 15.5. The highest BCUT2D eigenvalue weighted by Gasteiger charge is 2.12. The molecule has 1 aliphatic rings.